The summed E-state index contributed by atoms with van der Waals surface area (Å²) in [5.74, 6) is 0. The van der Waals surface area contributed by atoms with Gasteiger partial charge in [0.05, 0.1) is 0 Å². The fraction of sp³-hybridized carbons (Fsp3) is 0.429. The monoisotopic (exact) mass is 214 g/mol. The molecule has 84 valence electrons. The normalized spacial score (nSPS) is 15.9. The first-order valence-electron chi connectivity index (χ1n) is 6.07. The van der Waals surface area contributed by atoms with E-state index in [0.717, 1.165) is 19.6 Å². The van der Waals surface area contributed by atoms with Gasteiger partial charge in [-0.1, -0.05) is 19.1 Å². The molecule has 3 rings (SSSR count). The number of aromatic nitrogens is 1. The van der Waals surface area contributed by atoms with Crippen LogP contribution in [0.2, 0.25) is 0 Å². The van der Waals surface area contributed by atoms with E-state index in [0.29, 0.717) is 0 Å². The zero-order valence-corrected chi connectivity index (χ0v) is 10.0. The highest BCUT2D eigenvalue weighted by atomic mass is 15.1. The van der Waals surface area contributed by atoms with Gasteiger partial charge < -0.3 is 4.57 Å². The molecular formula is C14H18N2. The van der Waals surface area contributed by atoms with Crippen LogP contribution in [-0.4, -0.2) is 16.5 Å². The molecule has 0 bridgehead atoms. The largest absolute Gasteiger partial charge is 0.347 e. The van der Waals surface area contributed by atoms with E-state index < -0.39 is 0 Å². The lowest BCUT2D eigenvalue weighted by molar-refractivity contribution is 0.314. The fourth-order valence-corrected chi connectivity index (χ4v) is 2.83. The lowest BCUT2D eigenvalue weighted by Gasteiger charge is -2.22. The first-order valence-corrected chi connectivity index (χ1v) is 6.07. The van der Waals surface area contributed by atoms with E-state index in [9.17, 15) is 0 Å². The molecule has 2 nitrogen and oxygen atoms in total. The van der Waals surface area contributed by atoms with Crippen molar-refractivity contribution in [3.8, 4) is 0 Å². The maximum Gasteiger partial charge on any atom is 0.0486 e. The molecular weight excluding hydrogens is 196 g/mol. The van der Waals surface area contributed by atoms with Gasteiger partial charge in [0.2, 0.25) is 0 Å². The number of aryl methyl sites for hydroxylation is 1. The van der Waals surface area contributed by atoms with Gasteiger partial charge in [-0.05, 0) is 30.7 Å². The van der Waals surface area contributed by atoms with Gasteiger partial charge in [-0.25, -0.2) is 0 Å². The number of hydrogen-bond donors (Lipinski definition) is 0. The van der Waals surface area contributed by atoms with Crippen molar-refractivity contribution in [2.24, 2.45) is 0 Å². The Hall–Kier alpha value is -1.28. The van der Waals surface area contributed by atoms with Crippen molar-refractivity contribution in [1.29, 1.82) is 0 Å². The van der Waals surface area contributed by atoms with Crippen LogP contribution in [0.3, 0.4) is 0 Å². The first-order chi connectivity index (χ1) is 7.79. The second-order valence-electron chi connectivity index (χ2n) is 4.83. The van der Waals surface area contributed by atoms with Crippen molar-refractivity contribution in [1.82, 2.24) is 9.47 Å². The number of benzene rings is 1. The summed E-state index contributed by atoms with van der Waals surface area (Å²) in [7, 11) is 2.19. The standard InChI is InChI=1S/C14H18N2/c1-3-7-16-10-12-9-15(2)8-11-5-4-6-13(16)14(11)12/h4-6,10H,3,7-9H2,1-2H3. The Morgan fingerprint density at radius 2 is 2.00 bits per heavy atom. The van der Waals surface area contributed by atoms with Crippen molar-refractivity contribution in [2.75, 3.05) is 7.05 Å². The van der Waals surface area contributed by atoms with E-state index >= 15 is 0 Å². The van der Waals surface area contributed by atoms with Gasteiger partial charge in [-0.15, -0.1) is 0 Å². The van der Waals surface area contributed by atoms with Crippen LogP contribution in [0, 0.1) is 0 Å². The van der Waals surface area contributed by atoms with E-state index in [-0.39, 0.29) is 0 Å². The summed E-state index contributed by atoms with van der Waals surface area (Å²) < 4.78 is 2.41. The van der Waals surface area contributed by atoms with Crippen molar-refractivity contribution in [2.45, 2.75) is 33.0 Å². The van der Waals surface area contributed by atoms with Crippen molar-refractivity contribution >= 4 is 10.9 Å². The summed E-state index contributed by atoms with van der Waals surface area (Å²) in [6.45, 7) is 5.54. The summed E-state index contributed by atoms with van der Waals surface area (Å²) in [6, 6.07) is 6.70. The van der Waals surface area contributed by atoms with Crippen LogP contribution in [0.4, 0.5) is 0 Å². The van der Waals surface area contributed by atoms with Crippen molar-refractivity contribution in [3.63, 3.8) is 0 Å². The van der Waals surface area contributed by atoms with Gasteiger partial charge in [0.25, 0.3) is 0 Å². The van der Waals surface area contributed by atoms with Crippen LogP contribution in [0.15, 0.2) is 24.4 Å². The average Bonchev–Trinajstić information content (AvgIpc) is 2.59. The molecule has 0 saturated carbocycles. The summed E-state index contributed by atoms with van der Waals surface area (Å²) in [4.78, 5) is 2.38. The van der Waals surface area contributed by atoms with Gasteiger partial charge in [-0.2, -0.15) is 0 Å². The fourth-order valence-electron chi connectivity index (χ4n) is 2.83. The molecule has 2 aromatic rings. The molecule has 0 fully saturated rings. The summed E-state index contributed by atoms with van der Waals surface area (Å²) in [5.41, 5.74) is 4.39. The van der Waals surface area contributed by atoms with Gasteiger partial charge in [0, 0.05) is 36.7 Å². The molecule has 0 amide bonds. The van der Waals surface area contributed by atoms with Crippen LogP contribution < -0.4 is 0 Å². The summed E-state index contributed by atoms with van der Waals surface area (Å²) >= 11 is 0. The minimum Gasteiger partial charge on any atom is -0.347 e. The lowest BCUT2D eigenvalue weighted by atomic mass is 10.0. The molecule has 2 heteroatoms. The Bertz CT molecular complexity index is 525. The minimum absolute atomic E-state index is 1.08. The third kappa shape index (κ3) is 1.37. The SMILES string of the molecule is CCCn1cc2c3c(cccc31)CN(C)C2. The van der Waals surface area contributed by atoms with E-state index in [1.807, 2.05) is 0 Å². The Kier molecular flexibility index (Phi) is 2.25. The molecule has 0 spiro atoms. The van der Waals surface area contributed by atoms with E-state index in [2.05, 4.69) is 47.8 Å². The molecule has 0 aliphatic carbocycles. The molecule has 0 radical (unpaired) electrons. The molecule has 1 aromatic heterocycles. The highest BCUT2D eigenvalue weighted by Crippen LogP contribution is 2.30. The number of hydrogen-bond acceptors (Lipinski definition) is 1. The van der Waals surface area contributed by atoms with Crippen LogP contribution in [0.5, 0.6) is 0 Å². The van der Waals surface area contributed by atoms with Gasteiger partial charge >= 0.3 is 0 Å². The molecule has 16 heavy (non-hydrogen) atoms. The predicted molar refractivity (Wildman–Crippen MR) is 67.4 cm³/mol. The quantitative estimate of drug-likeness (QED) is 0.746. The molecule has 0 N–H and O–H groups in total. The molecule has 0 atom stereocenters. The lowest BCUT2D eigenvalue weighted by Crippen LogP contribution is -2.20. The van der Waals surface area contributed by atoms with Crippen LogP contribution >= 0.6 is 0 Å². The number of rotatable bonds is 2. The van der Waals surface area contributed by atoms with Crippen molar-refractivity contribution < 1.29 is 0 Å². The molecule has 1 aliphatic heterocycles. The predicted octanol–water partition coefficient (Wildman–Crippen LogP) is 3.00. The third-order valence-corrected chi connectivity index (χ3v) is 3.42. The Morgan fingerprint density at radius 1 is 1.19 bits per heavy atom. The van der Waals surface area contributed by atoms with Gasteiger partial charge in [-0.3, -0.25) is 4.90 Å². The topological polar surface area (TPSA) is 8.17 Å². The van der Waals surface area contributed by atoms with Crippen LogP contribution in [0.25, 0.3) is 10.9 Å². The first kappa shape index (κ1) is 9.91. The summed E-state index contributed by atoms with van der Waals surface area (Å²) in [5, 5.41) is 1.51. The summed E-state index contributed by atoms with van der Waals surface area (Å²) in [6.07, 6.45) is 3.54. The highest BCUT2D eigenvalue weighted by Gasteiger charge is 2.18. The average molecular weight is 214 g/mol. The zero-order chi connectivity index (χ0) is 11.1. The molecule has 1 aliphatic rings. The van der Waals surface area contributed by atoms with Crippen LogP contribution in [-0.2, 0) is 19.6 Å². The highest BCUT2D eigenvalue weighted by molar-refractivity contribution is 5.88. The molecule has 0 unspecified atom stereocenters. The smallest absolute Gasteiger partial charge is 0.0486 e. The zero-order valence-electron chi connectivity index (χ0n) is 10.0. The van der Waals surface area contributed by atoms with Crippen molar-refractivity contribution in [3.05, 3.63) is 35.5 Å². The Labute approximate surface area is 96.5 Å². The maximum atomic E-state index is 2.41. The molecule has 0 saturated heterocycles. The van der Waals surface area contributed by atoms with E-state index in [4.69, 9.17) is 0 Å². The Balaban J connectivity index is 2.25. The third-order valence-electron chi connectivity index (χ3n) is 3.42. The van der Waals surface area contributed by atoms with E-state index in [1.165, 1.54) is 28.5 Å². The molecule has 1 aromatic carbocycles. The minimum atomic E-state index is 1.08. The molecule has 2 heterocycles. The second kappa shape index (κ2) is 3.63. The number of nitrogens with zero attached hydrogens (tertiary/aromatic N) is 2. The van der Waals surface area contributed by atoms with Crippen LogP contribution in [0.1, 0.15) is 24.5 Å². The van der Waals surface area contributed by atoms with Gasteiger partial charge in [0.1, 0.15) is 0 Å². The Morgan fingerprint density at radius 3 is 2.81 bits per heavy atom. The maximum absolute atomic E-state index is 2.41. The van der Waals surface area contributed by atoms with E-state index in [1.54, 1.807) is 0 Å². The van der Waals surface area contributed by atoms with Gasteiger partial charge in [0.15, 0.2) is 0 Å². The second-order valence-corrected chi connectivity index (χ2v) is 4.83.